The van der Waals surface area contributed by atoms with Gasteiger partial charge in [-0.25, -0.2) is 0 Å². The van der Waals surface area contributed by atoms with Crippen LogP contribution in [0.5, 0.6) is 0 Å². The van der Waals surface area contributed by atoms with Crippen LogP contribution in [-0.4, -0.2) is 22.9 Å². The SMILES string of the molecule is CC1(C)OB(c2ccc(-c3cccc(-c4ccccc4)c3)c(-n3c4ccccc4c4ccccc43)c2)OC1(C)C. The van der Waals surface area contributed by atoms with Crippen molar-refractivity contribution < 1.29 is 9.31 Å². The number of aromatic nitrogens is 1. The van der Waals surface area contributed by atoms with E-state index in [1.54, 1.807) is 0 Å². The molecular formula is C36H32BNO2. The van der Waals surface area contributed by atoms with E-state index in [1.807, 2.05) is 0 Å². The van der Waals surface area contributed by atoms with E-state index in [2.05, 4.69) is 154 Å². The summed E-state index contributed by atoms with van der Waals surface area (Å²) in [6.07, 6.45) is 0. The molecular weight excluding hydrogens is 489 g/mol. The van der Waals surface area contributed by atoms with E-state index in [0.29, 0.717) is 0 Å². The molecule has 0 N–H and O–H groups in total. The van der Waals surface area contributed by atoms with Gasteiger partial charge in [-0.05, 0) is 74.1 Å². The summed E-state index contributed by atoms with van der Waals surface area (Å²) in [5, 5.41) is 2.48. The number of para-hydroxylation sites is 2. The maximum absolute atomic E-state index is 6.49. The van der Waals surface area contributed by atoms with E-state index in [4.69, 9.17) is 9.31 Å². The third-order valence-corrected chi connectivity index (χ3v) is 8.65. The molecule has 1 aromatic heterocycles. The van der Waals surface area contributed by atoms with Crippen LogP contribution in [0.2, 0.25) is 0 Å². The Hall–Kier alpha value is -4.12. The maximum Gasteiger partial charge on any atom is 0.494 e. The highest BCUT2D eigenvalue weighted by Crippen LogP contribution is 2.39. The molecule has 0 aliphatic carbocycles. The molecule has 1 aliphatic rings. The van der Waals surface area contributed by atoms with Gasteiger partial charge in [-0.1, -0.05) is 97.1 Å². The molecule has 1 fully saturated rings. The zero-order chi connectivity index (χ0) is 27.5. The minimum Gasteiger partial charge on any atom is -0.399 e. The number of fused-ring (bicyclic) bond motifs is 3. The van der Waals surface area contributed by atoms with E-state index in [-0.39, 0.29) is 0 Å². The Kier molecular flexibility index (Phi) is 5.74. The van der Waals surface area contributed by atoms with E-state index >= 15 is 0 Å². The van der Waals surface area contributed by atoms with Crippen LogP contribution in [0.4, 0.5) is 0 Å². The number of hydrogen-bond acceptors (Lipinski definition) is 2. The van der Waals surface area contributed by atoms with Crippen molar-refractivity contribution in [2.24, 2.45) is 0 Å². The zero-order valence-electron chi connectivity index (χ0n) is 23.4. The first-order valence-electron chi connectivity index (χ1n) is 14.0. The molecule has 196 valence electrons. The van der Waals surface area contributed by atoms with Crippen LogP contribution in [-0.2, 0) is 9.31 Å². The molecule has 0 saturated carbocycles. The van der Waals surface area contributed by atoms with E-state index in [9.17, 15) is 0 Å². The minimum absolute atomic E-state index is 0.409. The molecule has 2 heterocycles. The van der Waals surface area contributed by atoms with Crippen molar-refractivity contribution in [3.63, 3.8) is 0 Å². The molecule has 1 saturated heterocycles. The lowest BCUT2D eigenvalue weighted by molar-refractivity contribution is 0.00578. The van der Waals surface area contributed by atoms with Gasteiger partial charge in [0.15, 0.2) is 0 Å². The molecule has 0 amide bonds. The van der Waals surface area contributed by atoms with Crippen molar-refractivity contribution in [3.05, 3.63) is 121 Å². The molecule has 5 aromatic carbocycles. The van der Waals surface area contributed by atoms with Gasteiger partial charge in [0.1, 0.15) is 0 Å². The van der Waals surface area contributed by atoms with E-state index in [0.717, 1.165) is 16.7 Å². The second-order valence-electron chi connectivity index (χ2n) is 11.7. The van der Waals surface area contributed by atoms with Gasteiger partial charge in [0.2, 0.25) is 0 Å². The van der Waals surface area contributed by atoms with Gasteiger partial charge in [0.05, 0.1) is 27.9 Å². The fraction of sp³-hybridized carbons (Fsp3) is 0.167. The molecule has 0 radical (unpaired) electrons. The number of hydrogen-bond donors (Lipinski definition) is 0. The second kappa shape index (κ2) is 9.23. The number of rotatable bonds is 4. The van der Waals surface area contributed by atoms with Crippen LogP contribution in [0.25, 0.3) is 49.7 Å². The Morgan fingerprint density at radius 3 is 1.73 bits per heavy atom. The monoisotopic (exact) mass is 521 g/mol. The fourth-order valence-electron chi connectivity index (χ4n) is 5.78. The molecule has 1 aliphatic heterocycles. The van der Waals surface area contributed by atoms with Gasteiger partial charge in [0.25, 0.3) is 0 Å². The third-order valence-electron chi connectivity index (χ3n) is 8.65. The molecule has 7 rings (SSSR count). The topological polar surface area (TPSA) is 23.4 Å². The van der Waals surface area contributed by atoms with Crippen molar-refractivity contribution in [2.75, 3.05) is 0 Å². The smallest absolute Gasteiger partial charge is 0.399 e. The Morgan fingerprint density at radius 2 is 1.07 bits per heavy atom. The molecule has 6 aromatic rings. The summed E-state index contributed by atoms with van der Waals surface area (Å²) in [5.41, 5.74) is 8.38. The zero-order valence-corrected chi connectivity index (χ0v) is 23.4. The maximum atomic E-state index is 6.49. The Labute approximate surface area is 236 Å². The normalized spacial score (nSPS) is 16.1. The van der Waals surface area contributed by atoms with Crippen LogP contribution in [0.3, 0.4) is 0 Å². The lowest BCUT2D eigenvalue weighted by atomic mass is 9.78. The summed E-state index contributed by atoms with van der Waals surface area (Å²) in [7, 11) is -0.443. The molecule has 3 nitrogen and oxygen atoms in total. The second-order valence-corrected chi connectivity index (χ2v) is 11.7. The summed E-state index contributed by atoms with van der Waals surface area (Å²) in [5.74, 6) is 0. The van der Waals surface area contributed by atoms with Crippen molar-refractivity contribution in [1.82, 2.24) is 4.57 Å². The van der Waals surface area contributed by atoms with Gasteiger partial charge in [0, 0.05) is 16.3 Å². The van der Waals surface area contributed by atoms with Crippen molar-refractivity contribution in [1.29, 1.82) is 0 Å². The van der Waals surface area contributed by atoms with Crippen molar-refractivity contribution in [2.45, 2.75) is 38.9 Å². The van der Waals surface area contributed by atoms with Gasteiger partial charge < -0.3 is 13.9 Å². The Balaban J connectivity index is 1.48. The highest BCUT2D eigenvalue weighted by Gasteiger charge is 2.51. The van der Waals surface area contributed by atoms with Crippen LogP contribution in [0.15, 0.2) is 121 Å². The van der Waals surface area contributed by atoms with Gasteiger partial charge in [-0.3, -0.25) is 0 Å². The van der Waals surface area contributed by atoms with Gasteiger partial charge >= 0.3 is 7.12 Å². The molecule has 0 spiro atoms. The molecule has 4 heteroatoms. The quantitative estimate of drug-likeness (QED) is 0.218. The number of nitrogens with zero attached hydrogens (tertiary/aromatic N) is 1. The Morgan fingerprint density at radius 1 is 0.525 bits per heavy atom. The van der Waals surface area contributed by atoms with Crippen LogP contribution in [0, 0.1) is 0 Å². The summed E-state index contributed by atoms with van der Waals surface area (Å²) < 4.78 is 15.4. The van der Waals surface area contributed by atoms with E-state index in [1.165, 1.54) is 38.5 Å². The summed E-state index contributed by atoms with van der Waals surface area (Å²) >= 11 is 0. The molecule has 0 atom stereocenters. The average molecular weight is 521 g/mol. The highest BCUT2D eigenvalue weighted by atomic mass is 16.7. The lowest BCUT2D eigenvalue weighted by Gasteiger charge is -2.32. The first kappa shape index (κ1) is 24.9. The highest BCUT2D eigenvalue weighted by molar-refractivity contribution is 6.62. The van der Waals surface area contributed by atoms with Gasteiger partial charge in [-0.2, -0.15) is 0 Å². The van der Waals surface area contributed by atoms with Crippen LogP contribution >= 0.6 is 0 Å². The standard InChI is InChI=1S/C36H32BNO2/c1-35(2)36(3,4)40-37(39-35)28-21-22-29(27-16-12-15-26(23-27)25-13-6-5-7-14-25)34(24-28)38-32-19-10-8-17-30(32)31-18-9-11-20-33(31)38/h5-24H,1-4H3. The van der Waals surface area contributed by atoms with E-state index < -0.39 is 18.3 Å². The fourth-order valence-corrected chi connectivity index (χ4v) is 5.78. The van der Waals surface area contributed by atoms with Crippen molar-refractivity contribution in [3.8, 4) is 27.9 Å². The molecule has 0 unspecified atom stereocenters. The largest absolute Gasteiger partial charge is 0.494 e. The molecule has 0 bridgehead atoms. The molecule has 40 heavy (non-hydrogen) atoms. The van der Waals surface area contributed by atoms with Crippen LogP contribution in [0.1, 0.15) is 27.7 Å². The average Bonchev–Trinajstić information content (AvgIpc) is 3.42. The number of benzene rings is 5. The first-order chi connectivity index (χ1) is 19.3. The third kappa shape index (κ3) is 3.99. The predicted octanol–water partition coefficient (Wildman–Crippen LogP) is 8.42. The van der Waals surface area contributed by atoms with Crippen LogP contribution < -0.4 is 5.46 Å². The first-order valence-corrected chi connectivity index (χ1v) is 14.0. The lowest BCUT2D eigenvalue weighted by Crippen LogP contribution is -2.41. The predicted molar refractivity (Wildman–Crippen MR) is 167 cm³/mol. The van der Waals surface area contributed by atoms with Gasteiger partial charge in [-0.15, -0.1) is 0 Å². The Bertz CT molecular complexity index is 1800. The minimum atomic E-state index is -0.443. The van der Waals surface area contributed by atoms with Crippen molar-refractivity contribution >= 4 is 34.4 Å². The summed E-state index contributed by atoms with van der Waals surface area (Å²) in [6.45, 7) is 8.41. The summed E-state index contributed by atoms with van der Waals surface area (Å²) in [6, 6.07) is 43.3. The summed E-state index contributed by atoms with van der Waals surface area (Å²) in [4.78, 5) is 0.